The maximum atomic E-state index is 12.2. The molecule has 0 heterocycles. The first-order valence-corrected chi connectivity index (χ1v) is 8.60. The van der Waals surface area contributed by atoms with Crippen molar-refractivity contribution in [3.63, 3.8) is 0 Å². The van der Waals surface area contributed by atoms with Gasteiger partial charge in [-0.05, 0) is 48.9 Å². The van der Waals surface area contributed by atoms with Crippen LogP contribution in [-0.2, 0) is 0 Å². The number of unbranched alkanes of at least 4 members (excludes halogenated alkanes) is 1. The molecule has 0 aromatic heterocycles. The summed E-state index contributed by atoms with van der Waals surface area (Å²) < 4.78 is 10.7. The zero-order valence-electron chi connectivity index (χ0n) is 14.7. The smallest absolute Gasteiger partial charge is 0.273 e. The van der Waals surface area contributed by atoms with Gasteiger partial charge in [-0.15, -0.1) is 0 Å². The van der Waals surface area contributed by atoms with E-state index in [4.69, 9.17) is 21.1 Å². The highest BCUT2D eigenvalue weighted by Crippen LogP contribution is 2.22. The molecule has 2 aromatic rings. The van der Waals surface area contributed by atoms with E-state index in [1.807, 2.05) is 0 Å². The minimum absolute atomic E-state index is 0.222. The van der Waals surface area contributed by atoms with Gasteiger partial charge in [0.15, 0.2) is 0 Å². The number of hydrazine groups is 1. The fourth-order valence-corrected chi connectivity index (χ4v) is 2.32. The van der Waals surface area contributed by atoms with E-state index >= 15 is 0 Å². The zero-order valence-corrected chi connectivity index (χ0v) is 15.4. The summed E-state index contributed by atoms with van der Waals surface area (Å²) in [6.45, 7) is 2.73. The number of halogens is 1. The molecule has 0 bridgehead atoms. The van der Waals surface area contributed by atoms with Gasteiger partial charge in [0.1, 0.15) is 11.5 Å². The fraction of sp³-hybridized carbons (Fsp3) is 0.263. The van der Waals surface area contributed by atoms with Gasteiger partial charge in [0, 0.05) is 10.6 Å². The zero-order chi connectivity index (χ0) is 18.9. The van der Waals surface area contributed by atoms with Crippen molar-refractivity contribution >= 4 is 23.4 Å². The maximum Gasteiger partial charge on any atom is 0.273 e. The summed E-state index contributed by atoms with van der Waals surface area (Å²) in [4.78, 5) is 24.4. The van der Waals surface area contributed by atoms with Crippen molar-refractivity contribution in [2.24, 2.45) is 0 Å². The minimum Gasteiger partial charge on any atom is -0.496 e. The highest BCUT2D eigenvalue weighted by Gasteiger charge is 2.14. The molecule has 0 saturated heterocycles. The van der Waals surface area contributed by atoms with Crippen LogP contribution in [0.4, 0.5) is 0 Å². The number of carbonyl (C=O) groups excluding carboxylic acids is 2. The Labute approximate surface area is 157 Å². The van der Waals surface area contributed by atoms with Crippen molar-refractivity contribution < 1.29 is 19.1 Å². The van der Waals surface area contributed by atoms with Gasteiger partial charge in [0.2, 0.25) is 0 Å². The topological polar surface area (TPSA) is 76.7 Å². The Kier molecular flexibility index (Phi) is 7.29. The number of carbonyl (C=O) groups is 2. The second-order valence-electron chi connectivity index (χ2n) is 5.48. The highest BCUT2D eigenvalue weighted by atomic mass is 35.5. The van der Waals surface area contributed by atoms with E-state index in [2.05, 4.69) is 17.8 Å². The third kappa shape index (κ3) is 5.39. The Balaban J connectivity index is 1.94. The van der Waals surface area contributed by atoms with E-state index in [0.29, 0.717) is 28.7 Å². The Morgan fingerprint density at radius 3 is 2.38 bits per heavy atom. The van der Waals surface area contributed by atoms with E-state index in [1.165, 1.54) is 13.2 Å². The first-order chi connectivity index (χ1) is 12.5. The molecule has 0 aliphatic rings. The predicted octanol–water partition coefficient (Wildman–Crippen LogP) is 3.60. The van der Waals surface area contributed by atoms with Crippen LogP contribution in [0.1, 0.15) is 40.5 Å². The van der Waals surface area contributed by atoms with Crippen molar-refractivity contribution in [2.75, 3.05) is 13.7 Å². The number of methoxy groups -OCH3 is 1. The molecule has 2 amide bonds. The molecule has 0 aliphatic carbocycles. The van der Waals surface area contributed by atoms with Gasteiger partial charge in [-0.1, -0.05) is 24.9 Å². The van der Waals surface area contributed by atoms with Gasteiger partial charge in [-0.2, -0.15) is 0 Å². The summed E-state index contributed by atoms with van der Waals surface area (Å²) in [5.41, 5.74) is 5.33. The number of ether oxygens (including phenoxy) is 2. The first-order valence-electron chi connectivity index (χ1n) is 8.22. The van der Waals surface area contributed by atoms with Crippen molar-refractivity contribution in [3.05, 3.63) is 58.6 Å². The second kappa shape index (κ2) is 9.68. The lowest BCUT2D eigenvalue weighted by Crippen LogP contribution is -2.41. The molecule has 0 spiro atoms. The summed E-state index contributed by atoms with van der Waals surface area (Å²) in [5, 5.41) is 0.390. The van der Waals surface area contributed by atoms with Gasteiger partial charge in [0.05, 0.1) is 19.3 Å². The SMILES string of the molecule is CCCCOc1ccc(C(=O)NNC(=O)c2cc(Cl)ccc2OC)cc1. The third-order valence-corrected chi connectivity index (χ3v) is 3.81. The van der Waals surface area contributed by atoms with Crippen LogP contribution in [0.15, 0.2) is 42.5 Å². The van der Waals surface area contributed by atoms with Crippen LogP contribution in [0.25, 0.3) is 0 Å². The van der Waals surface area contributed by atoms with E-state index in [1.54, 1.807) is 36.4 Å². The Morgan fingerprint density at radius 1 is 1.04 bits per heavy atom. The fourth-order valence-electron chi connectivity index (χ4n) is 2.15. The lowest BCUT2D eigenvalue weighted by molar-refractivity contribution is 0.0845. The molecule has 26 heavy (non-hydrogen) atoms. The molecular formula is C19H21ClN2O4. The van der Waals surface area contributed by atoms with Crippen molar-refractivity contribution in [1.82, 2.24) is 10.9 Å². The van der Waals surface area contributed by atoms with Crippen LogP contribution in [0.3, 0.4) is 0 Å². The molecule has 0 fully saturated rings. The quantitative estimate of drug-likeness (QED) is 0.571. The standard InChI is InChI=1S/C19H21ClN2O4/c1-3-4-11-26-15-8-5-13(6-9-15)18(23)21-22-19(24)16-12-14(20)7-10-17(16)25-2/h5-10,12H,3-4,11H2,1-2H3,(H,21,23)(H,22,24). The van der Waals surface area contributed by atoms with Gasteiger partial charge in [-0.3, -0.25) is 20.4 Å². The van der Waals surface area contributed by atoms with Gasteiger partial charge >= 0.3 is 0 Å². The van der Waals surface area contributed by atoms with Crippen LogP contribution in [0, 0.1) is 0 Å². The Morgan fingerprint density at radius 2 is 1.73 bits per heavy atom. The number of hydrogen-bond acceptors (Lipinski definition) is 4. The number of amides is 2. The molecule has 0 atom stereocenters. The molecule has 7 heteroatoms. The summed E-state index contributed by atoms with van der Waals surface area (Å²) in [7, 11) is 1.45. The molecular weight excluding hydrogens is 356 g/mol. The molecule has 0 saturated carbocycles. The minimum atomic E-state index is -0.530. The molecule has 0 unspecified atom stereocenters. The average Bonchev–Trinajstić information content (AvgIpc) is 2.66. The number of rotatable bonds is 7. The van der Waals surface area contributed by atoms with E-state index in [0.717, 1.165) is 12.8 Å². The largest absolute Gasteiger partial charge is 0.496 e. The predicted molar refractivity (Wildman–Crippen MR) is 99.8 cm³/mol. The summed E-state index contributed by atoms with van der Waals surface area (Å²) in [6, 6.07) is 11.3. The number of benzene rings is 2. The highest BCUT2D eigenvalue weighted by molar-refractivity contribution is 6.31. The van der Waals surface area contributed by atoms with Crippen LogP contribution in [-0.4, -0.2) is 25.5 Å². The second-order valence-corrected chi connectivity index (χ2v) is 5.92. The average molecular weight is 377 g/mol. The lowest BCUT2D eigenvalue weighted by atomic mass is 10.2. The van der Waals surface area contributed by atoms with Crippen molar-refractivity contribution in [1.29, 1.82) is 0 Å². The van der Waals surface area contributed by atoms with E-state index < -0.39 is 11.8 Å². The number of nitrogens with one attached hydrogen (secondary N) is 2. The Hall–Kier alpha value is -2.73. The molecule has 2 rings (SSSR count). The first kappa shape index (κ1) is 19.6. The lowest BCUT2D eigenvalue weighted by Gasteiger charge is -2.11. The molecule has 0 radical (unpaired) electrons. The monoisotopic (exact) mass is 376 g/mol. The summed E-state index contributed by atoms with van der Waals surface area (Å²) in [6.07, 6.45) is 2.03. The third-order valence-electron chi connectivity index (χ3n) is 3.58. The maximum absolute atomic E-state index is 12.2. The molecule has 2 N–H and O–H groups in total. The summed E-state index contributed by atoms with van der Waals surface area (Å²) >= 11 is 5.90. The van der Waals surface area contributed by atoms with Crippen LogP contribution >= 0.6 is 11.6 Å². The van der Waals surface area contributed by atoms with Crippen molar-refractivity contribution in [2.45, 2.75) is 19.8 Å². The van der Waals surface area contributed by atoms with Crippen LogP contribution < -0.4 is 20.3 Å². The molecule has 2 aromatic carbocycles. The Bertz CT molecular complexity index is 763. The van der Waals surface area contributed by atoms with Gasteiger partial charge in [-0.25, -0.2) is 0 Å². The van der Waals surface area contributed by atoms with E-state index in [9.17, 15) is 9.59 Å². The molecule has 138 valence electrons. The van der Waals surface area contributed by atoms with Crippen LogP contribution in [0.5, 0.6) is 11.5 Å². The van der Waals surface area contributed by atoms with Gasteiger partial charge in [0.25, 0.3) is 11.8 Å². The normalized spacial score (nSPS) is 10.1. The number of hydrogen-bond donors (Lipinski definition) is 2. The molecule has 6 nitrogen and oxygen atoms in total. The van der Waals surface area contributed by atoms with Crippen LogP contribution in [0.2, 0.25) is 5.02 Å². The van der Waals surface area contributed by atoms with E-state index in [-0.39, 0.29) is 5.56 Å². The van der Waals surface area contributed by atoms with Gasteiger partial charge < -0.3 is 9.47 Å². The molecule has 0 aliphatic heterocycles. The summed E-state index contributed by atoms with van der Waals surface area (Å²) in [5.74, 6) is 0.0779. The van der Waals surface area contributed by atoms with Crippen molar-refractivity contribution in [3.8, 4) is 11.5 Å².